The molecule has 0 saturated heterocycles. The summed E-state index contributed by atoms with van der Waals surface area (Å²) in [6, 6.07) is 9.10. The lowest BCUT2D eigenvalue weighted by atomic mass is 9.96. The van der Waals surface area contributed by atoms with E-state index in [4.69, 9.17) is 16.6 Å². The number of amides is 4. The van der Waals surface area contributed by atoms with Gasteiger partial charge in [-0.05, 0) is 73.9 Å². The van der Waals surface area contributed by atoms with E-state index in [1.807, 2.05) is 32.0 Å². The van der Waals surface area contributed by atoms with E-state index in [2.05, 4.69) is 10.6 Å². The van der Waals surface area contributed by atoms with Gasteiger partial charge in [0.1, 0.15) is 11.8 Å². The molecule has 8 N–H and O–H groups in total. The first kappa shape index (κ1) is 38.5. The number of phenols is 1. The van der Waals surface area contributed by atoms with E-state index in [0.29, 0.717) is 19.3 Å². The zero-order chi connectivity index (χ0) is 34.2. The van der Waals surface area contributed by atoms with Gasteiger partial charge < -0.3 is 31.9 Å². The van der Waals surface area contributed by atoms with E-state index in [1.165, 1.54) is 11.2 Å². The SMILES string of the molecule is Cc1cc(O)cc(C)c1C[C@@H](N)C(=O)NCC(=O)N(CCCCCCO)[C@@H](Cc1ccccc1)C(=O)NC(=O)C(N)CCS(C)=O. The number of aromatic hydroxyl groups is 1. The predicted octanol–water partition coefficient (Wildman–Crippen LogP) is 0.726. The minimum atomic E-state index is -1.16. The largest absolute Gasteiger partial charge is 0.508 e. The van der Waals surface area contributed by atoms with Crippen molar-refractivity contribution in [3.63, 3.8) is 0 Å². The molecule has 0 bridgehead atoms. The zero-order valence-electron chi connectivity index (χ0n) is 27.0. The number of phenolic OH excluding ortho intramolecular Hbond substituents is 1. The number of aliphatic hydroxyl groups excluding tert-OH is 1. The fourth-order valence-corrected chi connectivity index (χ4v) is 5.69. The maximum atomic E-state index is 13.7. The number of carbonyl (C=O) groups excluding carboxylic acids is 4. The smallest absolute Gasteiger partial charge is 0.249 e. The van der Waals surface area contributed by atoms with E-state index in [9.17, 15) is 28.5 Å². The van der Waals surface area contributed by atoms with Crippen LogP contribution in [0.4, 0.5) is 0 Å². The van der Waals surface area contributed by atoms with Crippen LogP contribution >= 0.6 is 0 Å². The van der Waals surface area contributed by atoms with Crippen molar-refractivity contribution in [1.29, 1.82) is 0 Å². The van der Waals surface area contributed by atoms with E-state index in [1.54, 1.807) is 24.3 Å². The number of nitrogens with one attached hydrogen (secondary N) is 2. The normalized spacial score (nSPS) is 13.7. The van der Waals surface area contributed by atoms with Crippen LogP contribution in [-0.2, 0) is 42.8 Å². The maximum absolute atomic E-state index is 13.7. The molecule has 0 heterocycles. The average Bonchev–Trinajstić information content (AvgIpc) is 3.01. The number of benzene rings is 2. The number of unbranched alkanes of at least 4 members (excludes halogenated alkanes) is 3. The second-order valence-corrected chi connectivity index (χ2v) is 13.1. The summed E-state index contributed by atoms with van der Waals surface area (Å²) in [5, 5.41) is 23.9. The third-order valence-electron chi connectivity index (χ3n) is 7.73. The van der Waals surface area contributed by atoms with Gasteiger partial charge in [0.05, 0.1) is 18.6 Å². The fourth-order valence-electron chi connectivity index (χ4n) is 5.11. The number of aliphatic hydroxyl groups is 1. The van der Waals surface area contributed by atoms with Gasteiger partial charge in [-0.15, -0.1) is 0 Å². The molecule has 46 heavy (non-hydrogen) atoms. The highest BCUT2D eigenvalue weighted by Gasteiger charge is 2.32. The van der Waals surface area contributed by atoms with Gasteiger partial charge in [-0.2, -0.15) is 0 Å². The average molecular weight is 660 g/mol. The van der Waals surface area contributed by atoms with Crippen molar-refractivity contribution in [2.45, 2.75) is 76.9 Å². The van der Waals surface area contributed by atoms with Gasteiger partial charge in [-0.3, -0.25) is 28.7 Å². The highest BCUT2D eigenvalue weighted by atomic mass is 32.2. The number of hydrogen-bond acceptors (Lipinski definition) is 9. The van der Waals surface area contributed by atoms with Crippen LogP contribution in [-0.4, -0.2) is 92.8 Å². The van der Waals surface area contributed by atoms with Crippen LogP contribution < -0.4 is 22.1 Å². The van der Waals surface area contributed by atoms with Gasteiger partial charge in [0.25, 0.3) is 0 Å². The van der Waals surface area contributed by atoms with E-state index in [-0.39, 0.29) is 43.9 Å². The number of nitrogens with zero attached hydrogens (tertiary/aromatic N) is 1. The topological polar surface area (TPSA) is 205 Å². The second kappa shape index (κ2) is 19.8. The molecule has 2 unspecified atom stereocenters. The Labute approximate surface area is 273 Å². The van der Waals surface area contributed by atoms with Crippen molar-refractivity contribution >= 4 is 34.4 Å². The molecule has 0 aliphatic heterocycles. The Morgan fingerprint density at radius 2 is 1.52 bits per heavy atom. The molecular weight excluding hydrogens is 610 g/mol. The molecule has 0 aromatic heterocycles. The molecule has 2 rings (SSSR count). The summed E-state index contributed by atoms with van der Waals surface area (Å²) in [4.78, 5) is 54.5. The van der Waals surface area contributed by atoms with Crippen LogP contribution in [0.25, 0.3) is 0 Å². The Morgan fingerprint density at radius 1 is 0.891 bits per heavy atom. The van der Waals surface area contributed by atoms with Gasteiger partial charge in [-0.25, -0.2) is 0 Å². The molecule has 13 heteroatoms. The van der Waals surface area contributed by atoms with Crippen molar-refractivity contribution in [3.8, 4) is 5.75 Å². The van der Waals surface area contributed by atoms with Crippen LogP contribution in [0, 0.1) is 13.8 Å². The van der Waals surface area contributed by atoms with E-state index >= 15 is 0 Å². The van der Waals surface area contributed by atoms with Crippen LogP contribution in [0.1, 0.15) is 54.4 Å². The maximum Gasteiger partial charge on any atom is 0.249 e. The summed E-state index contributed by atoms with van der Waals surface area (Å²) in [5.74, 6) is -2.22. The Morgan fingerprint density at radius 3 is 2.13 bits per heavy atom. The lowest BCUT2D eigenvalue weighted by Gasteiger charge is -2.31. The van der Waals surface area contributed by atoms with Crippen molar-refractivity contribution in [2.75, 3.05) is 31.7 Å². The highest BCUT2D eigenvalue weighted by molar-refractivity contribution is 7.84. The van der Waals surface area contributed by atoms with Gasteiger partial charge in [-0.1, -0.05) is 43.2 Å². The monoisotopic (exact) mass is 659 g/mol. The molecule has 0 aliphatic rings. The fraction of sp³-hybridized carbons (Fsp3) is 0.515. The minimum absolute atomic E-state index is 0.0468. The Hall–Kier alpha value is -3.65. The molecular formula is C33H49N5O7S. The van der Waals surface area contributed by atoms with Crippen LogP contribution in [0.2, 0.25) is 0 Å². The van der Waals surface area contributed by atoms with Gasteiger partial charge in [0.15, 0.2) is 0 Å². The number of imide groups is 1. The van der Waals surface area contributed by atoms with Gasteiger partial charge in [0, 0.05) is 42.4 Å². The standard InChI is InChI=1S/C33H49N5O7S/c1-22-17-25(40)18-23(2)26(22)20-28(35)31(42)36-21-30(41)38(14-9-4-5-10-15-39)29(19-24-11-7-6-8-12-24)33(44)37-32(43)27(34)13-16-46(3)45/h6-8,11-12,17-18,27-29,39-40H,4-5,9-10,13-16,19-21,34-35H2,1-3H3,(H,36,42)(H,37,43,44)/t27?,28-,29+,46?/m1/s1. The quantitative estimate of drug-likeness (QED) is 0.117. The molecule has 2 aromatic carbocycles. The van der Waals surface area contributed by atoms with Crippen molar-refractivity contribution < 1.29 is 33.6 Å². The number of aryl methyl sites for hydroxylation is 2. The van der Waals surface area contributed by atoms with Gasteiger partial charge in [0.2, 0.25) is 23.6 Å². The number of carbonyl (C=O) groups is 4. The molecule has 0 fully saturated rings. The van der Waals surface area contributed by atoms with Crippen LogP contribution in [0.3, 0.4) is 0 Å². The third-order valence-corrected chi connectivity index (χ3v) is 8.54. The summed E-state index contributed by atoms with van der Waals surface area (Å²) in [7, 11) is -1.16. The molecule has 0 radical (unpaired) electrons. The van der Waals surface area contributed by atoms with Gasteiger partial charge >= 0.3 is 0 Å². The van der Waals surface area contributed by atoms with E-state index in [0.717, 1.165) is 28.7 Å². The lowest BCUT2D eigenvalue weighted by Crippen LogP contribution is -2.56. The molecule has 0 saturated carbocycles. The van der Waals surface area contributed by atoms with Crippen LogP contribution in [0.15, 0.2) is 42.5 Å². The summed E-state index contributed by atoms with van der Waals surface area (Å²) < 4.78 is 11.5. The first-order valence-electron chi connectivity index (χ1n) is 15.5. The lowest BCUT2D eigenvalue weighted by molar-refractivity contribution is -0.143. The molecule has 0 aliphatic carbocycles. The summed E-state index contributed by atoms with van der Waals surface area (Å²) in [6.45, 7) is 3.41. The second-order valence-electron chi connectivity index (χ2n) is 11.5. The molecule has 12 nitrogen and oxygen atoms in total. The zero-order valence-corrected chi connectivity index (χ0v) is 27.8. The highest BCUT2D eigenvalue weighted by Crippen LogP contribution is 2.22. The Kier molecular flexibility index (Phi) is 16.6. The third kappa shape index (κ3) is 13.0. The first-order valence-corrected chi connectivity index (χ1v) is 17.2. The number of nitrogens with two attached hydrogens (primary N) is 2. The van der Waals surface area contributed by atoms with Crippen molar-refractivity contribution in [3.05, 3.63) is 64.7 Å². The molecule has 4 amide bonds. The van der Waals surface area contributed by atoms with Crippen molar-refractivity contribution in [1.82, 2.24) is 15.5 Å². The van der Waals surface area contributed by atoms with Crippen molar-refractivity contribution in [2.24, 2.45) is 11.5 Å². The Balaban J connectivity index is 2.25. The summed E-state index contributed by atoms with van der Waals surface area (Å²) in [6.07, 6.45) is 4.44. The predicted molar refractivity (Wildman–Crippen MR) is 178 cm³/mol. The van der Waals surface area contributed by atoms with Crippen LogP contribution in [0.5, 0.6) is 5.75 Å². The number of hydrogen-bond donors (Lipinski definition) is 6. The molecule has 254 valence electrons. The van der Waals surface area contributed by atoms with E-state index < -0.39 is 59.1 Å². The summed E-state index contributed by atoms with van der Waals surface area (Å²) in [5.41, 5.74) is 15.3. The molecule has 4 atom stereocenters. The minimum Gasteiger partial charge on any atom is -0.508 e. The number of rotatable bonds is 19. The molecule has 0 spiro atoms. The Bertz CT molecular complexity index is 1320. The molecule has 2 aromatic rings. The first-order chi connectivity index (χ1) is 21.8. The summed E-state index contributed by atoms with van der Waals surface area (Å²) >= 11 is 0.